The first-order chi connectivity index (χ1) is 4.70. The standard InChI is InChI=1S/C3H14O3Si4/c1-9(2)6-10(5-7)3-8-4/h8-10H,3H2,1-2,7H3. The van der Waals surface area contributed by atoms with E-state index in [2.05, 4.69) is 13.1 Å². The van der Waals surface area contributed by atoms with Crippen LogP contribution in [0.15, 0.2) is 0 Å². The van der Waals surface area contributed by atoms with Crippen LogP contribution >= 0.6 is 0 Å². The molecule has 0 radical (unpaired) electrons. The molecule has 1 atom stereocenters. The van der Waals surface area contributed by atoms with Gasteiger partial charge in [-0.1, -0.05) is 0 Å². The highest BCUT2D eigenvalue weighted by atomic mass is 28.4. The Labute approximate surface area is 70.1 Å². The van der Waals surface area contributed by atoms with Crippen molar-refractivity contribution in [2.24, 2.45) is 0 Å². The molecular weight excluding hydrogens is 196 g/mol. The van der Waals surface area contributed by atoms with Crippen LogP contribution in [0.2, 0.25) is 18.8 Å². The SMILES string of the molecule is C[SiH](C)O[SiH](C[SiH]=O)O[SiH3]. The summed E-state index contributed by atoms with van der Waals surface area (Å²) in [5.74, 6) is 0. The highest BCUT2D eigenvalue weighted by molar-refractivity contribution is 6.67. The van der Waals surface area contributed by atoms with Gasteiger partial charge in [-0.05, 0) is 13.1 Å². The molecular formula is C3H14O3Si4. The summed E-state index contributed by atoms with van der Waals surface area (Å²) in [6, 6.07) is 0. The molecule has 0 rings (SSSR count). The molecule has 0 aromatic heterocycles. The van der Waals surface area contributed by atoms with Crippen LogP contribution in [0.1, 0.15) is 0 Å². The summed E-state index contributed by atoms with van der Waals surface area (Å²) in [5.41, 5.74) is 0.717. The molecule has 60 valence electrons. The molecule has 0 aliphatic heterocycles. The molecule has 0 saturated carbocycles. The maximum Gasteiger partial charge on any atom is 0.303 e. The molecule has 0 aliphatic rings. The number of hydrogen-bond donors (Lipinski definition) is 0. The average molecular weight is 210 g/mol. The second-order valence-corrected chi connectivity index (χ2v) is 10.4. The van der Waals surface area contributed by atoms with Gasteiger partial charge in [0.1, 0.15) is 10.5 Å². The third-order valence-electron chi connectivity index (χ3n) is 0.976. The van der Waals surface area contributed by atoms with Gasteiger partial charge in [-0.2, -0.15) is 0 Å². The van der Waals surface area contributed by atoms with E-state index >= 15 is 0 Å². The predicted octanol–water partition coefficient (Wildman–Crippen LogP) is -1.76. The molecule has 3 nitrogen and oxygen atoms in total. The van der Waals surface area contributed by atoms with Crippen LogP contribution in [0.25, 0.3) is 0 Å². The molecule has 0 bridgehead atoms. The molecule has 0 saturated heterocycles. The lowest BCUT2D eigenvalue weighted by Crippen LogP contribution is -2.28. The van der Waals surface area contributed by atoms with Crippen molar-refractivity contribution in [3.8, 4) is 0 Å². The van der Waals surface area contributed by atoms with E-state index in [-0.39, 0.29) is 0 Å². The first-order valence-corrected chi connectivity index (χ1v) is 9.97. The van der Waals surface area contributed by atoms with Crippen molar-refractivity contribution in [1.82, 2.24) is 0 Å². The van der Waals surface area contributed by atoms with E-state index in [4.69, 9.17) is 8.23 Å². The van der Waals surface area contributed by atoms with Crippen molar-refractivity contribution in [3.05, 3.63) is 0 Å². The fourth-order valence-electron chi connectivity index (χ4n) is 0.589. The first-order valence-electron chi connectivity index (χ1n) is 3.32. The Bertz CT molecular complexity index is 97.7. The van der Waals surface area contributed by atoms with Crippen molar-refractivity contribution < 1.29 is 12.7 Å². The van der Waals surface area contributed by atoms with Crippen LogP contribution in [0.3, 0.4) is 0 Å². The zero-order valence-corrected chi connectivity index (χ0v) is 12.1. The fraction of sp³-hybridized carbons (Fsp3) is 1.00. The van der Waals surface area contributed by atoms with Crippen molar-refractivity contribution in [1.29, 1.82) is 0 Å². The second-order valence-electron chi connectivity index (χ2n) is 2.25. The maximum atomic E-state index is 10.3. The average Bonchev–Trinajstić information content (AvgIpc) is 1.86. The summed E-state index contributed by atoms with van der Waals surface area (Å²) in [6.45, 7) is 4.22. The van der Waals surface area contributed by atoms with Gasteiger partial charge in [-0.15, -0.1) is 0 Å². The lowest BCUT2D eigenvalue weighted by molar-refractivity contribution is 0.459. The zero-order chi connectivity index (χ0) is 7.98. The van der Waals surface area contributed by atoms with Gasteiger partial charge in [0, 0.05) is 5.67 Å². The largest absolute Gasteiger partial charge is 0.447 e. The van der Waals surface area contributed by atoms with Crippen molar-refractivity contribution >= 4 is 38.2 Å². The zero-order valence-electron chi connectivity index (χ0n) is 6.66. The Balaban J connectivity index is 3.48. The summed E-state index contributed by atoms with van der Waals surface area (Å²) in [5, 5.41) is 0. The Morgan fingerprint density at radius 1 is 1.60 bits per heavy atom. The summed E-state index contributed by atoms with van der Waals surface area (Å²) in [6.07, 6.45) is 0. The maximum absolute atomic E-state index is 10.3. The fourth-order valence-corrected chi connectivity index (χ4v) is 9.04. The van der Waals surface area contributed by atoms with Crippen LogP contribution in [0.4, 0.5) is 0 Å². The van der Waals surface area contributed by atoms with E-state index in [1.165, 1.54) is 0 Å². The third-order valence-corrected chi connectivity index (χ3v) is 8.78. The Kier molecular flexibility index (Phi) is 6.68. The van der Waals surface area contributed by atoms with Gasteiger partial charge >= 0.3 is 9.28 Å². The predicted molar refractivity (Wildman–Crippen MR) is 50.8 cm³/mol. The molecule has 0 heterocycles. The lowest BCUT2D eigenvalue weighted by Gasteiger charge is -2.14. The normalized spacial score (nSPS) is 13.9. The summed E-state index contributed by atoms with van der Waals surface area (Å²) in [7, 11) is -2.31. The number of rotatable bonds is 5. The molecule has 7 heteroatoms. The molecule has 10 heavy (non-hydrogen) atoms. The van der Waals surface area contributed by atoms with Crippen molar-refractivity contribution in [3.63, 3.8) is 0 Å². The molecule has 0 N–H and O–H groups in total. The van der Waals surface area contributed by atoms with Gasteiger partial charge in [0.15, 0.2) is 9.04 Å². The van der Waals surface area contributed by atoms with Gasteiger partial charge in [0.25, 0.3) is 9.41 Å². The van der Waals surface area contributed by atoms with Gasteiger partial charge in [-0.3, -0.25) is 0 Å². The molecule has 0 aromatic rings. The van der Waals surface area contributed by atoms with E-state index in [0.29, 0.717) is 5.67 Å². The van der Waals surface area contributed by atoms with Crippen LogP contribution in [0, 0.1) is 0 Å². The van der Waals surface area contributed by atoms with Gasteiger partial charge in [0.05, 0.1) is 0 Å². The van der Waals surface area contributed by atoms with Crippen molar-refractivity contribution in [2.75, 3.05) is 0 Å². The van der Waals surface area contributed by atoms with E-state index in [9.17, 15) is 4.46 Å². The van der Waals surface area contributed by atoms with Crippen LogP contribution in [-0.2, 0) is 12.7 Å². The molecule has 0 aromatic carbocycles. The molecule has 0 fully saturated rings. The quantitative estimate of drug-likeness (QED) is 0.505. The summed E-state index contributed by atoms with van der Waals surface area (Å²) in [4.78, 5) is 0. The van der Waals surface area contributed by atoms with Gasteiger partial charge in [-0.25, -0.2) is 0 Å². The van der Waals surface area contributed by atoms with Crippen LogP contribution < -0.4 is 0 Å². The minimum Gasteiger partial charge on any atom is -0.447 e. The van der Waals surface area contributed by atoms with Gasteiger partial charge < -0.3 is 12.7 Å². The Morgan fingerprint density at radius 2 is 2.20 bits per heavy atom. The molecule has 0 spiro atoms. The third kappa shape index (κ3) is 5.38. The second kappa shape index (κ2) is 6.31. The Hall–Kier alpha value is 0.588. The lowest BCUT2D eigenvalue weighted by atomic mass is 11.9. The van der Waals surface area contributed by atoms with Crippen LogP contribution in [-0.4, -0.2) is 38.2 Å². The minimum atomic E-state index is -1.42. The van der Waals surface area contributed by atoms with Gasteiger partial charge in [0.2, 0.25) is 0 Å². The van der Waals surface area contributed by atoms with E-state index in [1.807, 2.05) is 0 Å². The monoisotopic (exact) mass is 210 g/mol. The van der Waals surface area contributed by atoms with Crippen LogP contribution in [0.5, 0.6) is 0 Å². The summed E-state index contributed by atoms with van der Waals surface area (Å²) < 4.78 is 21.0. The molecule has 0 aliphatic carbocycles. The highest BCUT2D eigenvalue weighted by Gasteiger charge is 2.11. The highest BCUT2D eigenvalue weighted by Crippen LogP contribution is 1.94. The molecule has 0 amide bonds. The minimum absolute atomic E-state index is 0.665. The van der Waals surface area contributed by atoms with E-state index in [0.717, 1.165) is 10.5 Å². The number of hydrogen-bond acceptors (Lipinski definition) is 3. The Morgan fingerprint density at radius 3 is 2.50 bits per heavy atom. The summed E-state index contributed by atoms with van der Waals surface area (Å²) >= 11 is 0. The smallest absolute Gasteiger partial charge is 0.303 e. The molecule has 1 unspecified atom stereocenters. The topological polar surface area (TPSA) is 35.5 Å². The van der Waals surface area contributed by atoms with E-state index < -0.39 is 27.7 Å². The first kappa shape index (κ1) is 10.6. The van der Waals surface area contributed by atoms with Crippen molar-refractivity contribution in [2.45, 2.75) is 18.8 Å². The van der Waals surface area contributed by atoms with E-state index in [1.54, 1.807) is 0 Å².